The lowest BCUT2D eigenvalue weighted by Crippen LogP contribution is -2.40. The normalized spacial score (nSPS) is 24.0. The monoisotopic (exact) mass is 283 g/mol. The largest absolute Gasteiger partial charge is 0.381 e. The summed E-state index contributed by atoms with van der Waals surface area (Å²) in [7, 11) is 1.79. The minimum atomic E-state index is 0.446. The number of hydrogen-bond donors (Lipinski definition) is 1. The van der Waals surface area contributed by atoms with Gasteiger partial charge in [-0.25, -0.2) is 0 Å². The molecule has 0 amide bonds. The number of nitrogens with one attached hydrogen (secondary N) is 1. The molecule has 0 atom stereocenters. The van der Waals surface area contributed by atoms with E-state index in [-0.39, 0.29) is 0 Å². The van der Waals surface area contributed by atoms with Crippen LogP contribution in [0.3, 0.4) is 0 Å². The number of ether oxygens (including phenoxy) is 1. The third-order valence-electron chi connectivity index (χ3n) is 3.21. The number of aryl methyl sites for hydroxylation is 2. The summed E-state index contributed by atoms with van der Waals surface area (Å²) in [5, 5.41) is 3.58. The van der Waals surface area contributed by atoms with Gasteiger partial charge < -0.3 is 10.1 Å². The average Bonchev–Trinajstić information content (AvgIpc) is 2.13. The van der Waals surface area contributed by atoms with Crippen molar-refractivity contribution in [2.45, 2.75) is 38.8 Å². The van der Waals surface area contributed by atoms with Crippen molar-refractivity contribution < 1.29 is 4.74 Å². The maximum atomic E-state index is 5.28. The molecular weight excluding hydrogens is 266 g/mol. The van der Waals surface area contributed by atoms with E-state index in [9.17, 15) is 0 Å². The van der Waals surface area contributed by atoms with Crippen molar-refractivity contribution in [1.82, 2.24) is 0 Å². The molecule has 1 aromatic rings. The lowest BCUT2D eigenvalue weighted by molar-refractivity contribution is 0.0328. The van der Waals surface area contributed by atoms with Crippen LogP contribution in [0.15, 0.2) is 16.6 Å². The minimum Gasteiger partial charge on any atom is -0.381 e. The summed E-state index contributed by atoms with van der Waals surface area (Å²) in [5.74, 6) is 0. The molecule has 0 unspecified atom stereocenters. The van der Waals surface area contributed by atoms with Gasteiger partial charge in [-0.3, -0.25) is 0 Å². The summed E-state index contributed by atoms with van der Waals surface area (Å²) < 4.78 is 6.44. The lowest BCUT2D eigenvalue weighted by atomic mass is 9.89. The molecule has 2 rings (SSSR count). The molecule has 0 saturated heterocycles. The fourth-order valence-electron chi connectivity index (χ4n) is 2.18. The predicted octanol–water partition coefficient (Wildman–Crippen LogP) is 3.66. The van der Waals surface area contributed by atoms with Gasteiger partial charge in [0.05, 0.1) is 11.8 Å². The van der Waals surface area contributed by atoms with Crippen LogP contribution < -0.4 is 5.32 Å². The van der Waals surface area contributed by atoms with Gasteiger partial charge in [0.15, 0.2) is 0 Å². The van der Waals surface area contributed by atoms with E-state index in [4.69, 9.17) is 4.74 Å². The summed E-state index contributed by atoms with van der Waals surface area (Å²) in [4.78, 5) is 0. The molecule has 0 spiro atoms. The highest BCUT2D eigenvalue weighted by atomic mass is 79.9. The van der Waals surface area contributed by atoms with Crippen molar-refractivity contribution in [2.24, 2.45) is 0 Å². The Balaban J connectivity index is 2.05. The highest BCUT2D eigenvalue weighted by Crippen LogP contribution is 2.32. The van der Waals surface area contributed by atoms with Crippen molar-refractivity contribution >= 4 is 21.6 Å². The first-order chi connectivity index (χ1) is 7.60. The van der Waals surface area contributed by atoms with Gasteiger partial charge in [-0.2, -0.15) is 0 Å². The van der Waals surface area contributed by atoms with E-state index in [0.717, 1.165) is 17.3 Å². The summed E-state index contributed by atoms with van der Waals surface area (Å²) in [6.45, 7) is 4.26. The molecule has 1 N–H and O–H groups in total. The zero-order chi connectivity index (χ0) is 11.7. The van der Waals surface area contributed by atoms with Gasteiger partial charge >= 0.3 is 0 Å². The molecule has 16 heavy (non-hydrogen) atoms. The molecule has 0 radical (unpaired) electrons. The topological polar surface area (TPSA) is 21.3 Å². The third kappa shape index (κ3) is 2.41. The molecule has 2 nitrogen and oxygen atoms in total. The minimum absolute atomic E-state index is 0.446. The van der Waals surface area contributed by atoms with Gasteiger partial charge in [0, 0.05) is 17.6 Å². The van der Waals surface area contributed by atoms with Gasteiger partial charge in [0.1, 0.15) is 0 Å². The first-order valence-electron chi connectivity index (χ1n) is 5.66. The molecular formula is C13H18BrNO. The fourth-order valence-corrected chi connectivity index (χ4v) is 2.97. The van der Waals surface area contributed by atoms with Crippen molar-refractivity contribution in [3.63, 3.8) is 0 Å². The van der Waals surface area contributed by atoms with Gasteiger partial charge in [0.25, 0.3) is 0 Å². The zero-order valence-electron chi connectivity index (χ0n) is 10.0. The summed E-state index contributed by atoms with van der Waals surface area (Å²) in [5.41, 5.74) is 3.82. The molecule has 0 heterocycles. The Morgan fingerprint density at radius 2 is 2.00 bits per heavy atom. The number of hydrogen-bond acceptors (Lipinski definition) is 2. The molecule has 88 valence electrons. The molecule has 1 fully saturated rings. The average molecular weight is 284 g/mol. The molecule has 3 heteroatoms. The van der Waals surface area contributed by atoms with Crippen LogP contribution in [-0.2, 0) is 4.74 Å². The highest BCUT2D eigenvalue weighted by molar-refractivity contribution is 9.10. The number of benzene rings is 1. The van der Waals surface area contributed by atoms with Gasteiger partial charge in [-0.15, -0.1) is 0 Å². The quantitative estimate of drug-likeness (QED) is 0.914. The molecule has 1 aliphatic carbocycles. The van der Waals surface area contributed by atoms with Crippen molar-refractivity contribution in [2.75, 3.05) is 12.4 Å². The Morgan fingerprint density at radius 1 is 1.31 bits per heavy atom. The Bertz CT molecular complexity index is 363. The van der Waals surface area contributed by atoms with Gasteiger partial charge in [-0.05, 0) is 59.8 Å². The van der Waals surface area contributed by atoms with Crippen LogP contribution in [0.25, 0.3) is 0 Å². The lowest BCUT2D eigenvalue weighted by Gasteiger charge is -2.36. The summed E-state index contributed by atoms with van der Waals surface area (Å²) in [6.07, 6.45) is 2.66. The highest BCUT2D eigenvalue weighted by Gasteiger charge is 2.29. The van der Waals surface area contributed by atoms with Crippen LogP contribution in [-0.4, -0.2) is 19.3 Å². The van der Waals surface area contributed by atoms with E-state index in [1.165, 1.54) is 16.8 Å². The predicted molar refractivity (Wildman–Crippen MR) is 71.1 cm³/mol. The molecule has 1 aromatic carbocycles. The van der Waals surface area contributed by atoms with Crippen LogP contribution in [0, 0.1) is 13.8 Å². The van der Waals surface area contributed by atoms with Crippen molar-refractivity contribution in [3.8, 4) is 0 Å². The van der Waals surface area contributed by atoms with E-state index < -0.39 is 0 Å². The Hall–Kier alpha value is -0.540. The molecule has 0 bridgehead atoms. The first-order valence-corrected chi connectivity index (χ1v) is 6.45. The third-order valence-corrected chi connectivity index (χ3v) is 3.83. The van der Waals surface area contributed by atoms with E-state index in [2.05, 4.69) is 47.2 Å². The number of rotatable bonds is 3. The van der Waals surface area contributed by atoms with Gasteiger partial charge in [0.2, 0.25) is 0 Å². The molecule has 1 aliphatic rings. The van der Waals surface area contributed by atoms with Crippen LogP contribution in [0.1, 0.15) is 24.0 Å². The van der Waals surface area contributed by atoms with E-state index in [0.29, 0.717) is 12.1 Å². The maximum absolute atomic E-state index is 5.28. The number of anilines is 1. The smallest absolute Gasteiger partial charge is 0.0610 e. The van der Waals surface area contributed by atoms with Crippen LogP contribution in [0.5, 0.6) is 0 Å². The summed E-state index contributed by atoms with van der Waals surface area (Å²) in [6, 6.07) is 4.92. The van der Waals surface area contributed by atoms with Gasteiger partial charge in [-0.1, -0.05) is 6.07 Å². The fraction of sp³-hybridized carbons (Fsp3) is 0.538. The van der Waals surface area contributed by atoms with Crippen LogP contribution in [0.4, 0.5) is 5.69 Å². The second-order valence-corrected chi connectivity index (χ2v) is 5.46. The SMILES string of the molecule is COC1CC(Nc2c(C)cc(C)cc2Br)C1. The molecule has 1 saturated carbocycles. The van der Waals surface area contributed by atoms with Crippen molar-refractivity contribution in [1.29, 1.82) is 0 Å². The van der Waals surface area contributed by atoms with E-state index >= 15 is 0 Å². The summed E-state index contributed by atoms with van der Waals surface area (Å²) >= 11 is 3.62. The molecule has 0 aromatic heterocycles. The Labute approximate surface area is 106 Å². The number of halogens is 1. The van der Waals surface area contributed by atoms with E-state index in [1.807, 2.05) is 0 Å². The van der Waals surface area contributed by atoms with E-state index in [1.54, 1.807) is 7.11 Å². The first kappa shape index (κ1) is 11.9. The number of methoxy groups -OCH3 is 1. The van der Waals surface area contributed by atoms with Crippen LogP contribution >= 0.6 is 15.9 Å². The second kappa shape index (κ2) is 4.76. The van der Waals surface area contributed by atoms with Crippen LogP contribution in [0.2, 0.25) is 0 Å². The zero-order valence-corrected chi connectivity index (χ0v) is 11.6. The molecule has 0 aliphatic heterocycles. The standard InChI is InChI=1S/C13H18BrNO/c1-8-4-9(2)13(12(14)5-8)15-10-6-11(7-10)16-3/h4-5,10-11,15H,6-7H2,1-3H3. The van der Waals surface area contributed by atoms with Crippen molar-refractivity contribution in [3.05, 3.63) is 27.7 Å². The maximum Gasteiger partial charge on any atom is 0.0610 e. The Kier molecular flexibility index (Phi) is 3.55. The second-order valence-electron chi connectivity index (χ2n) is 4.61. The Morgan fingerprint density at radius 3 is 2.56 bits per heavy atom.